The second-order valence-corrected chi connectivity index (χ2v) is 4.56. The summed E-state index contributed by atoms with van der Waals surface area (Å²) in [6, 6.07) is 1.87. The Morgan fingerprint density at radius 1 is 1.33 bits per heavy atom. The fourth-order valence-electron chi connectivity index (χ4n) is 2.15. The average molecular weight is 271 g/mol. The molecule has 0 fully saturated rings. The fourth-order valence-corrected chi connectivity index (χ4v) is 2.43. The van der Waals surface area contributed by atoms with Crippen LogP contribution in [-0.2, 0) is 11.2 Å². The average Bonchev–Trinajstić information content (AvgIpc) is 2.37. The first-order valence-electron chi connectivity index (χ1n) is 5.97. The summed E-state index contributed by atoms with van der Waals surface area (Å²) in [7, 11) is 3.17. The number of halogens is 1. The lowest BCUT2D eigenvalue weighted by molar-refractivity contribution is -0.108. The molecule has 1 atom stereocenters. The van der Waals surface area contributed by atoms with Crippen molar-refractivity contribution in [1.29, 1.82) is 0 Å². The van der Waals surface area contributed by atoms with Crippen molar-refractivity contribution in [2.45, 2.75) is 32.6 Å². The summed E-state index contributed by atoms with van der Waals surface area (Å²) in [4.78, 5) is 10.7. The van der Waals surface area contributed by atoms with E-state index in [9.17, 15) is 4.79 Å². The molecular weight excluding hydrogens is 252 g/mol. The lowest BCUT2D eigenvalue weighted by atomic mass is 9.91. The zero-order valence-electron chi connectivity index (χ0n) is 11.2. The highest BCUT2D eigenvalue weighted by molar-refractivity contribution is 6.32. The van der Waals surface area contributed by atoms with Crippen molar-refractivity contribution in [3.8, 4) is 11.5 Å². The Bertz CT molecular complexity index is 430. The van der Waals surface area contributed by atoms with E-state index in [0.29, 0.717) is 22.9 Å². The number of carbonyl (C=O) groups excluding carboxylic acids is 1. The summed E-state index contributed by atoms with van der Waals surface area (Å²) in [5.41, 5.74) is 2.10. The van der Waals surface area contributed by atoms with Crippen molar-refractivity contribution in [3.05, 3.63) is 22.2 Å². The van der Waals surface area contributed by atoms with E-state index in [1.807, 2.05) is 19.9 Å². The smallest absolute Gasteiger partial charge is 0.179 e. The normalized spacial score (nSPS) is 12.1. The molecule has 0 aliphatic heterocycles. The molecule has 0 N–H and O–H groups in total. The fraction of sp³-hybridized carbons (Fsp3) is 0.500. The Hall–Kier alpha value is -1.22. The molecule has 0 aliphatic rings. The Morgan fingerprint density at radius 2 is 1.94 bits per heavy atom. The van der Waals surface area contributed by atoms with E-state index in [2.05, 4.69) is 0 Å². The highest BCUT2D eigenvalue weighted by Gasteiger charge is 2.20. The highest BCUT2D eigenvalue weighted by Crippen LogP contribution is 2.42. The first kappa shape index (κ1) is 14.8. The number of hydrogen-bond acceptors (Lipinski definition) is 3. The van der Waals surface area contributed by atoms with Crippen LogP contribution in [0, 0.1) is 0 Å². The number of ether oxygens (including phenoxy) is 2. The van der Waals surface area contributed by atoms with Crippen molar-refractivity contribution < 1.29 is 14.3 Å². The second kappa shape index (κ2) is 6.64. The van der Waals surface area contributed by atoms with E-state index < -0.39 is 0 Å². The van der Waals surface area contributed by atoms with Gasteiger partial charge in [0.1, 0.15) is 6.29 Å². The van der Waals surface area contributed by atoms with Crippen LogP contribution in [-0.4, -0.2) is 20.5 Å². The predicted octanol–water partition coefficient (Wildman–Crippen LogP) is 3.61. The van der Waals surface area contributed by atoms with Gasteiger partial charge in [-0.3, -0.25) is 0 Å². The van der Waals surface area contributed by atoms with Gasteiger partial charge in [-0.05, 0) is 24.0 Å². The molecular formula is C14H19ClO3. The topological polar surface area (TPSA) is 35.5 Å². The molecule has 18 heavy (non-hydrogen) atoms. The molecule has 0 spiro atoms. The van der Waals surface area contributed by atoms with Crippen molar-refractivity contribution in [1.82, 2.24) is 0 Å². The van der Waals surface area contributed by atoms with Gasteiger partial charge in [0.15, 0.2) is 11.5 Å². The first-order chi connectivity index (χ1) is 8.60. The lowest BCUT2D eigenvalue weighted by Gasteiger charge is -2.20. The third-order valence-corrected chi connectivity index (χ3v) is 3.35. The SMILES string of the molecule is CCc1c(C(C)CC=O)cc(Cl)c(OC)c1OC. The summed E-state index contributed by atoms with van der Waals surface area (Å²) in [5.74, 6) is 1.34. The van der Waals surface area contributed by atoms with Crippen LogP contribution in [0.2, 0.25) is 5.02 Å². The van der Waals surface area contributed by atoms with E-state index in [4.69, 9.17) is 21.1 Å². The molecule has 0 saturated heterocycles. The number of aldehydes is 1. The minimum atomic E-state index is 0.120. The van der Waals surface area contributed by atoms with Gasteiger partial charge in [-0.15, -0.1) is 0 Å². The van der Waals surface area contributed by atoms with E-state index >= 15 is 0 Å². The monoisotopic (exact) mass is 270 g/mol. The maximum absolute atomic E-state index is 10.7. The minimum Gasteiger partial charge on any atom is -0.493 e. The summed E-state index contributed by atoms with van der Waals surface area (Å²) in [6.07, 6.45) is 2.20. The molecule has 1 aromatic carbocycles. The van der Waals surface area contributed by atoms with Crippen molar-refractivity contribution >= 4 is 17.9 Å². The van der Waals surface area contributed by atoms with E-state index in [1.54, 1.807) is 14.2 Å². The van der Waals surface area contributed by atoms with Crippen LogP contribution in [0.25, 0.3) is 0 Å². The molecule has 100 valence electrons. The summed E-state index contributed by atoms with van der Waals surface area (Å²) >= 11 is 6.19. The molecule has 3 nitrogen and oxygen atoms in total. The van der Waals surface area contributed by atoms with Gasteiger partial charge in [-0.25, -0.2) is 0 Å². The first-order valence-corrected chi connectivity index (χ1v) is 6.35. The van der Waals surface area contributed by atoms with Crippen LogP contribution in [0.15, 0.2) is 6.07 Å². The number of rotatable bonds is 6. The summed E-state index contributed by atoms with van der Waals surface area (Å²) in [6.45, 7) is 4.05. The van der Waals surface area contributed by atoms with Gasteiger partial charge >= 0.3 is 0 Å². The van der Waals surface area contributed by atoms with Crippen LogP contribution in [0.3, 0.4) is 0 Å². The van der Waals surface area contributed by atoms with Crippen molar-refractivity contribution in [2.75, 3.05) is 14.2 Å². The molecule has 1 rings (SSSR count). The van der Waals surface area contributed by atoms with Crippen molar-refractivity contribution in [2.24, 2.45) is 0 Å². The Labute approximate surface area is 113 Å². The summed E-state index contributed by atoms with van der Waals surface area (Å²) in [5, 5.41) is 0.513. The zero-order chi connectivity index (χ0) is 13.7. The van der Waals surface area contributed by atoms with Gasteiger partial charge < -0.3 is 14.3 Å². The molecule has 4 heteroatoms. The van der Waals surface area contributed by atoms with E-state index in [-0.39, 0.29) is 5.92 Å². The molecule has 0 amide bonds. The van der Waals surface area contributed by atoms with Crippen LogP contribution in [0.4, 0.5) is 0 Å². The number of hydrogen-bond donors (Lipinski definition) is 0. The van der Waals surface area contributed by atoms with Gasteiger partial charge in [0, 0.05) is 12.0 Å². The third kappa shape index (κ3) is 2.78. The Kier molecular flexibility index (Phi) is 5.48. The number of benzene rings is 1. The number of carbonyl (C=O) groups is 1. The molecule has 0 heterocycles. The third-order valence-electron chi connectivity index (χ3n) is 3.07. The maximum atomic E-state index is 10.7. The Balaban J connectivity index is 3.43. The number of methoxy groups -OCH3 is 2. The van der Waals surface area contributed by atoms with Crippen LogP contribution >= 0.6 is 11.6 Å². The van der Waals surface area contributed by atoms with Gasteiger partial charge in [0.25, 0.3) is 0 Å². The highest BCUT2D eigenvalue weighted by atomic mass is 35.5. The standard InChI is InChI=1S/C14H19ClO3/c1-5-10-11(9(2)6-7-16)8-12(15)14(18-4)13(10)17-3/h7-9H,5-6H2,1-4H3. The molecule has 1 unspecified atom stereocenters. The zero-order valence-corrected chi connectivity index (χ0v) is 12.0. The van der Waals surface area contributed by atoms with E-state index in [0.717, 1.165) is 23.8 Å². The Morgan fingerprint density at radius 3 is 2.39 bits per heavy atom. The lowest BCUT2D eigenvalue weighted by Crippen LogP contribution is -2.04. The van der Waals surface area contributed by atoms with Gasteiger partial charge in [-0.1, -0.05) is 25.4 Å². The minimum absolute atomic E-state index is 0.120. The maximum Gasteiger partial charge on any atom is 0.179 e. The molecule has 0 radical (unpaired) electrons. The largest absolute Gasteiger partial charge is 0.493 e. The second-order valence-electron chi connectivity index (χ2n) is 4.15. The van der Waals surface area contributed by atoms with Crippen LogP contribution in [0.5, 0.6) is 11.5 Å². The van der Waals surface area contributed by atoms with Gasteiger partial charge in [-0.2, -0.15) is 0 Å². The van der Waals surface area contributed by atoms with Gasteiger partial charge in [0.2, 0.25) is 0 Å². The van der Waals surface area contributed by atoms with Gasteiger partial charge in [0.05, 0.1) is 19.2 Å². The predicted molar refractivity (Wildman–Crippen MR) is 73.0 cm³/mol. The quantitative estimate of drug-likeness (QED) is 0.741. The molecule has 0 bridgehead atoms. The van der Waals surface area contributed by atoms with Crippen LogP contribution < -0.4 is 9.47 Å². The molecule has 0 saturated carbocycles. The molecule has 1 aromatic rings. The van der Waals surface area contributed by atoms with Crippen molar-refractivity contribution in [3.63, 3.8) is 0 Å². The van der Waals surface area contributed by atoms with E-state index in [1.165, 1.54) is 0 Å². The van der Waals surface area contributed by atoms with Crippen LogP contribution in [0.1, 0.15) is 37.3 Å². The molecule has 0 aliphatic carbocycles. The molecule has 0 aromatic heterocycles. The summed E-state index contributed by atoms with van der Waals surface area (Å²) < 4.78 is 10.7.